The van der Waals surface area contributed by atoms with Crippen molar-refractivity contribution in [2.45, 2.75) is 6.54 Å². The fraction of sp³-hybridized carbons (Fsp3) is 0.111. The number of carbonyl (C=O) groups excluding carboxylic acids is 1. The SMILES string of the molecule is CN(Cc1ccccc1)C(=O)c1nccc2cccc(N)c12. The van der Waals surface area contributed by atoms with E-state index < -0.39 is 0 Å². The first-order valence-corrected chi connectivity index (χ1v) is 7.09. The van der Waals surface area contributed by atoms with E-state index in [2.05, 4.69) is 4.98 Å². The van der Waals surface area contributed by atoms with Crippen LogP contribution in [0.4, 0.5) is 5.69 Å². The van der Waals surface area contributed by atoms with Gasteiger partial charge in [0.1, 0.15) is 5.69 Å². The van der Waals surface area contributed by atoms with Gasteiger partial charge in [-0.2, -0.15) is 0 Å². The van der Waals surface area contributed by atoms with Crippen LogP contribution in [0, 0.1) is 0 Å². The van der Waals surface area contributed by atoms with Gasteiger partial charge in [-0.15, -0.1) is 0 Å². The van der Waals surface area contributed by atoms with E-state index in [1.807, 2.05) is 48.5 Å². The van der Waals surface area contributed by atoms with E-state index in [4.69, 9.17) is 5.73 Å². The summed E-state index contributed by atoms with van der Waals surface area (Å²) in [7, 11) is 1.77. The van der Waals surface area contributed by atoms with Gasteiger partial charge >= 0.3 is 0 Å². The minimum Gasteiger partial charge on any atom is -0.398 e. The molecule has 110 valence electrons. The predicted octanol–water partition coefficient (Wildman–Crippen LogP) is 3.09. The molecule has 3 aromatic rings. The molecule has 1 amide bonds. The standard InChI is InChI=1S/C18H17N3O/c1-21(12-13-6-3-2-4-7-13)18(22)17-16-14(10-11-20-17)8-5-9-15(16)19/h2-11H,12,19H2,1H3. The molecular formula is C18H17N3O. The zero-order chi connectivity index (χ0) is 15.5. The second-order valence-electron chi connectivity index (χ2n) is 5.25. The number of aromatic nitrogens is 1. The molecule has 2 N–H and O–H groups in total. The Morgan fingerprint density at radius 3 is 2.64 bits per heavy atom. The molecule has 0 saturated carbocycles. The van der Waals surface area contributed by atoms with Gasteiger partial charge in [0, 0.05) is 30.9 Å². The highest BCUT2D eigenvalue weighted by Crippen LogP contribution is 2.24. The van der Waals surface area contributed by atoms with Gasteiger partial charge in [-0.05, 0) is 23.1 Å². The predicted molar refractivity (Wildman–Crippen MR) is 88.4 cm³/mol. The molecule has 0 atom stereocenters. The van der Waals surface area contributed by atoms with Crippen LogP contribution in [-0.4, -0.2) is 22.8 Å². The molecule has 0 saturated heterocycles. The third kappa shape index (κ3) is 2.63. The third-order valence-electron chi connectivity index (χ3n) is 3.64. The lowest BCUT2D eigenvalue weighted by molar-refractivity contribution is 0.0781. The van der Waals surface area contributed by atoms with Crippen LogP contribution in [0.3, 0.4) is 0 Å². The van der Waals surface area contributed by atoms with Crippen LogP contribution in [0.15, 0.2) is 60.8 Å². The molecule has 2 aromatic carbocycles. The summed E-state index contributed by atoms with van der Waals surface area (Å²) in [6.07, 6.45) is 1.64. The van der Waals surface area contributed by atoms with Crippen molar-refractivity contribution in [3.05, 3.63) is 72.1 Å². The van der Waals surface area contributed by atoms with Gasteiger partial charge in [-0.1, -0.05) is 42.5 Å². The molecular weight excluding hydrogens is 274 g/mol. The Labute approximate surface area is 129 Å². The Morgan fingerprint density at radius 1 is 1.09 bits per heavy atom. The number of nitrogen functional groups attached to an aromatic ring is 1. The van der Waals surface area contributed by atoms with Gasteiger partial charge in [0.25, 0.3) is 5.91 Å². The van der Waals surface area contributed by atoms with E-state index in [-0.39, 0.29) is 5.91 Å². The smallest absolute Gasteiger partial charge is 0.273 e. The highest BCUT2D eigenvalue weighted by Gasteiger charge is 2.17. The minimum absolute atomic E-state index is 0.132. The normalized spacial score (nSPS) is 10.6. The van der Waals surface area contributed by atoms with Crippen molar-refractivity contribution in [3.63, 3.8) is 0 Å². The maximum absolute atomic E-state index is 12.7. The first kappa shape index (κ1) is 14.1. The van der Waals surface area contributed by atoms with Crippen molar-refractivity contribution < 1.29 is 4.79 Å². The van der Waals surface area contributed by atoms with E-state index in [9.17, 15) is 4.79 Å². The molecule has 0 unspecified atom stereocenters. The summed E-state index contributed by atoms with van der Waals surface area (Å²) >= 11 is 0. The van der Waals surface area contributed by atoms with Crippen molar-refractivity contribution in [1.29, 1.82) is 0 Å². The summed E-state index contributed by atoms with van der Waals surface area (Å²) in [5.74, 6) is -0.132. The number of amides is 1. The summed E-state index contributed by atoms with van der Waals surface area (Å²) in [6.45, 7) is 0.532. The summed E-state index contributed by atoms with van der Waals surface area (Å²) in [4.78, 5) is 18.6. The van der Waals surface area contributed by atoms with Gasteiger partial charge in [0.2, 0.25) is 0 Å². The van der Waals surface area contributed by atoms with Crippen molar-refractivity contribution >= 4 is 22.4 Å². The highest BCUT2D eigenvalue weighted by atomic mass is 16.2. The van der Waals surface area contributed by atoms with Gasteiger partial charge in [0.15, 0.2) is 0 Å². The molecule has 0 aliphatic heterocycles. The van der Waals surface area contributed by atoms with Gasteiger partial charge < -0.3 is 10.6 Å². The summed E-state index contributed by atoms with van der Waals surface area (Å²) in [5, 5.41) is 1.64. The number of rotatable bonds is 3. The Morgan fingerprint density at radius 2 is 1.86 bits per heavy atom. The number of benzene rings is 2. The van der Waals surface area contributed by atoms with E-state index in [0.29, 0.717) is 17.9 Å². The van der Waals surface area contributed by atoms with Crippen molar-refractivity contribution in [1.82, 2.24) is 9.88 Å². The van der Waals surface area contributed by atoms with Gasteiger partial charge in [-0.3, -0.25) is 9.78 Å². The maximum Gasteiger partial charge on any atom is 0.273 e. The molecule has 0 spiro atoms. The lowest BCUT2D eigenvalue weighted by atomic mass is 10.1. The second kappa shape index (κ2) is 5.85. The molecule has 0 fully saturated rings. The van der Waals surface area contributed by atoms with Crippen LogP contribution < -0.4 is 5.73 Å². The van der Waals surface area contributed by atoms with E-state index >= 15 is 0 Å². The maximum atomic E-state index is 12.7. The summed E-state index contributed by atoms with van der Waals surface area (Å²) in [5.41, 5.74) is 8.08. The number of fused-ring (bicyclic) bond motifs is 1. The molecule has 4 nitrogen and oxygen atoms in total. The molecule has 22 heavy (non-hydrogen) atoms. The molecule has 4 heteroatoms. The van der Waals surface area contributed by atoms with Crippen molar-refractivity contribution in [2.24, 2.45) is 0 Å². The fourth-order valence-corrected chi connectivity index (χ4v) is 2.53. The molecule has 0 bridgehead atoms. The second-order valence-corrected chi connectivity index (χ2v) is 5.25. The first-order valence-electron chi connectivity index (χ1n) is 7.09. The molecule has 1 heterocycles. The van der Waals surface area contributed by atoms with Crippen LogP contribution in [0.5, 0.6) is 0 Å². The number of carbonyl (C=O) groups is 1. The lowest BCUT2D eigenvalue weighted by Crippen LogP contribution is -2.27. The average molecular weight is 291 g/mol. The zero-order valence-electron chi connectivity index (χ0n) is 12.4. The largest absolute Gasteiger partial charge is 0.398 e. The average Bonchev–Trinajstić information content (AvgIpc) is 2.55. The Kier molecular flexibility index (Phi) is 3.74. The van der Waals surface area contributed by atoms with E-state index in [0.717, 1.165) is 16.3 Å². The molecule has 1 aromatic heterocycles. The first-order chi connectivity index (χ1) is 10.7. The summed E-state index contributed by atoms with van der Waals surface area (Å²) < 4.78 is 0. The van der Waals surface area contributed by atoms with Gasteiger partial charge in [0.05, 0.1) is 0 Å². The quantitative estimate of drug-likeness (QED) is 0.754. The number of nitrogens with two attached hydrogens (primary N) is 1. The van der Waals surface area contributed by atoms with Crippen LogP contribution >= 0.6 is 0 Å². The Balaban J connectivity index is 1.95. The number of pyridine rings is 1. The highest BCUT2D eigenvalue weighted by molar-refractivity contribution is 6.09. The van der Waals surface area contributed by atoms with Crippen LogP contribution in [0.2, 0.25) is 0 Å². The number of nitrogens with zero attached hydrogens (tertiary/aromatic N) is 2. The fourth-order valence-electron chi connectivity index (χ4n) is 2.53. The minimum atomic E-state index is -0.132. The van der Waals surface area contributed by atoms with Crippen LogP contribution in [0.25, 0.3) is 10.8 Å². The van der Waals surface area contributed by atoms with Crippen molar-refractivity contribution in [3.8, 4) is 0 Å². The van der Waals surface area contributed by atoms with E-state index in [1.165, 1.54) is 0 Å². The molecule has 0 aliphatic rings. The van der Waals surface area contributed by atoms with Gasteiger partial charge in [-0.25, -0.2) is 0 Å². The van der Waals surface area contributed by atoms with Crippen molar-refractivity contribution in [2.75, 3.05) is 12.8 Å². The molecule has 3 rings (SSSR count). The third-order valence-corrected chi connectivity index (χ3v) is 3.64. The topological polar surface area (TPSA) is 59.2 Å². The molecule has 0 aliphatic carbocycles. The lowest BCUT2D eigenvalue weighted by Gasteiger charge is -2.18. The molecule has 0 radical (unpaired) electrons. The Bertz CT molecular complexity index is 810. The number of anilines is 1. The Hall–Kier alpha value is -2.88. The number of hydrogen-bond donors (Lipinski definition) is 1. The van der Waals surface area contributed by atoms with Crippen LogP contribution in [0.1, 0.15) is 16.1 Å². The monoisotopic (exact) mass is 291 g/mol. The summed E-state index contributed by atoms with van der Waals surface area (Å²) in [6, 6.07) is 17.3. The zero-order valence-corrected chi connectivity index (χ0v) is 12.4. The van der Waals surface area contributed by atoms with E-state index in [1.54, 1.807) is 24.2 Å². The van der Waals surface area contributed by atoms with Crippen LogP contribution in [-0.2, 0) is 6.54 Å². The number of hydrogen-bond acceptors (Lipinski definition) is 3.